The SMILES string of the molecule is CN1[C@@H]2CCCCN2C(=O)[C@@H]2CCCC[C@@H]21. The summed E-state index contributed by atoms with van der Waals surface area (Å²) in [7, 11) is 2.23. The maximum Gasteiger partial charge on any atom is 0.228 e. The van der Waals surface area contributed by atoms with Crippen LogP contribution in [0.3, 0.4) is 0 Å². The Balaban J connectivity index is 1.86. The maximum atomic E-state index is 12.4. The number of nitrogens with zero attached hydrogens (tertiary/aromatic N) is 2. The third-order valence-electron chi connectivity index (χ3n) is 4.79. The lowest BCUT2D eigenvalue weighted by molar-refractivity contribution is -0.162. The van der Waals surface area contributed by atoms with E-state index in [9.17, 15) is 4.79 Å². The van der Waals surface area contributed by atoms with Gasteiger partial charge in [0.05, 0.1) is 12.1 Å². The topological polar surface area (TPSA) is 23.6 Å². The molecule has 16 heavy (non-hydrogen) atoms. The highest BCUT2D eigenvalue weighted by atomic mass is 16.2. The van der Waals surface area contributed by atoms with Gasteiger partial charge in [-0.05, 0) is 39.2 Å². The normalized spacial score (nSPS) is 40.4. The zero-order chi connectivity index (χ0) is 11.1. The van der Waals surface area contributed by atoms with E-state index < -0.39 is 0 Å². The van der Waals surface area contributed by atoms with Gasteiger partial charge >= 0.3 is 0 Å². The molecule has 1 saturated carbocycles. The van der Waals surface area contributed by atoms with E-state index in [-0.39, 0.29) is 0 Å². The predicted octanol–water partition coefficient (Wildman–Crippen LogP) is 1.83. The Hall–Kier alpha value is -0.570. The van der Waals surface area contributed by atoms with Crippen LogP contribution in [0.15, 0.2) is 0 Å². The molecule has 0 radical (unpaired) electrons. The van der Waals surface area contributed by atoms with Gasteiger partial charge in [0, 0.05) is 12.6 Å². The molecule has 3 aliphatic rings. The minimum Gasteiger partial charge on any atom is -0.327 e. The van der Waals surface area contributed by atoms with E-state index in [2.05, 4.69) is 16.8 Å². The van der Waals surface area contributed by atoms with Crippen LogP contribution in [-0.4, -0.2) is 41.5 Å². The molecule has 0 spiro atoms. The first kappa shape index (κ1) is 10.6. The second-order valence-corrected chi connectivity index (χ2v) is 5.63. The number of hydrogen-bond donors (Lipinski definition) is 0. The molecule has 1 aliphatic carbocycles. The van der Waals surface area contributed by atoms with Gasteiger partial charge in [-0.15, -0.1) is 0 Å². The highest BCUT2D eigenvalue weighted by Gasteiger charge is 2.46. The van der Waals surface area contributed by atoms with Crippen LogP contribution in [0, 0.1) is 5.92 Å². The fourth-order valence-electron chi connectivity index (χ4n) is 3.92. The Morgan fingerprint density at radius 3 is 2.69 bits per heavy atom. The number of carbonyl (C=O) groups excluding carboxylic acids is 1. The highest BCUT2D eigenvalue weighted by Crippen LogP contribution is 2.37. The van der Waals surface area contributed by atoms with Crippen molar-refractivity contribution in [1.29, 1.82) is 0 Å². The smallest absolute Gasteiger partial charge is 0.228 e. The number of hydrogen-bond acceptors (Lipinski definition) is 2. The summed E-state index contributed by atoms with van der Waals surface area (Å²) in [5.74, 6) is 0.778. The van der Waals surface area contributed by atoms with Crippen molar-refractivity contribution >= 4 is 5.91 Å². The molecular weight excluding hydrogens is 200 g/mol. The fraction of sp³-hybridized carbons (Fsp3) is 0.923. The second kappa shape index (κ2) is 4.02. The highest BCUT2D eigenvalue weighted by molar-refractivity contribution is 5.81. The third kappa shape index (κ3) is 1.48. The average molecular weight is 222 g/mol. The first-order valence-corrected chi connectivity index (χ1v) is 6.81. The van der Waals surface area contributed by atoms with Crippen LogP contribution in [-0.2, 0) is 4.79 Å². The molecule has 3 atom stereocenters. The van der Waals surface area contributed by atoms with Crippen LogP contribution < -0.4 is 0 Å². The van der Waals surface area contributed by atoms with E-state index in [4.69, 9.17) is 0 Å². The van der Waals surface area contributed by atoms with Gasteiger partial charge in [-0.3, -0.25) is 9.69 Å². The molecule has 0 unspecified atom stereocenters. The van der Waals surface area contributed by atoms with Crippen molar-refractivity contribution in [3.63, 3.8) is 0 Å². The van der Waals surface area contributed by atoms with E-state index in [1.54, 1.807) is 0 Å². The Kier molecular flexibility index (Phi) is 2.66. The van der Waals surface area contributed by atoms with Crippen molar-refractivity contribution in [1.82, 2.24) is 9.80 Å². The number of piperidine rings is 1. The second-order valence-electron chi connectivity index (χ2n) is 5.63. The molecular formula is C13H22N2O. The van der Waals surface area contributed by atoms with Crippen molar-refractivity contribution in [2.45, 2.75) is 57.2 Å². The van der Waals surface area contributed by atoms with E-state index >= 15 is 0 Å². The molecule has 2 aliphatic heterocycles. The standard InChI is InChI=1S/C13H22N2O/c1-14-11-7-3-2-6-10(11)13(16)15-9-5-4-8-12(14)15/h10-12H,2-9H2,1H3/t10-,11+,12+/m1/s1. The Morgan fingerprint density at radius 2 is 1.81 bits per heavy atom. The van der Waals surface area contributed by atoms with Crippen LogP contribution in [0.4, 0.5) is 0 Å². The quantitative estimate of drug-likeness (QED) is 0.624. The van der Waals surface area contributed by atoms with Gasteiger partial charge in [-0.1, -0.05) is 12.8 Å². The molecule has 2 saturated heterocycles. The zero-order valence-electron chi connectivity index (χ0n) is 10.2. The molecule has 3 rings (SSSR count). The molecule has 0 N–H and O–H groups in total. The average Bonchev–Trinajstić information content (AvgIpc) is 2.36. The third-order valence-corrected chi connectivity index (χ3v) is 4.79. The maximum absolute atomic E-state index is 12.4. The first-order chi connectivity index (χ1) is 7.79. The molecule has 3 fully saturated rings. The number of rotatable bonds is 0. The van der Waals surface area contributed by atoms with Gasteiger partial charge in [0.15, 0.2) is 0 Å². The van der Waals surface area contributed by atoms with Crippen LogP contribution in [0.25, 0.3) is 0 Å². The van der Waals surface area contributed by atoms with Crippen molar-refractivity contribution in [3.05, 3.63) is 0 Å². The molecule has 3 nitrogen and oxygen atoms in total. The van der Waals surface area contributed by atoms with Crippen LogP contribution in [0.5, 0.6) is 0 Å². The van der Waals surface area contributed by atoms with Gasteiger partial charge in [-0.25, -0.2) is 0 Å². The molecule has 3 heteroatoms. The summed E-state index contributed by atoms with van der Waals surface area (Å²) in [4.78, 5) is 17.1. The predicted molar refractivity (Wildman–Crippen MR) is 62.9 cm³/mol. The largest absolute Gasteiger partial charge is 0.327 e. The number of amides is 1. The van der Waals surface area contributed by atoms with Crippen molar-refractivity contribution in [3.8, 4) is 0 Å². The Morgan fingerprint density at radius 1 is 1.06 bits per heavy atom. The summed E-state index contributed by atoms with van der Waals surface area (Å²) in [5.41, 5.74) is 0. The van der Waals surface area contributed by atoms with Gasteiger partial charge in [0.1, 0.15) is 0 Å². The lowest BCUT2D eigenvalue weighted by Gasteiger charge is -2.53. The first-order valence-electron chi connectivity index (χ1n) is 6.81. The summed E-state index contributed by atoms with van der Waals surface area (Å²) in [6.45, 7) is 0.997. The Labute approximate surface area is 97.8 Å². The van der Waals surface area contributed by atoms with E-state index in [0.29, 0.717) is 24.0 Å². The monoisotopic (exact) mass is 222 g/mol. The van der Waals surface area contributed by atoms with Crippen LogP contribution in [0.1, 0.15) is 44.9 Å². The zero-order valence-corrected chi connectivity index (χ0v) is 10.2. The van der Waals surface area contributed by atoms with Crippen LogP contribution in [0.2, 0.25) is 0 Å². The fourth-order valence-corrected chi connectivity index (χ4v) is 3.92. The molecule has 0 aromatic heterocycles. The summed E-state index contributed by atoms with van der Waals surface area (Å²) in [6.07, 6.45) is 9.01. The molecule has 2 heterocycles. The van der Waals surface area contributed by atoms with E-state index in [1.165, 1.54) is 38.5 Å². The number of carbonyl (C=O) groups is 1. The minimum absolute atomic E-state index is 0.313. The van der Waals surface area contributed by atoms with Crippen molar-refractivity contribution < 1.29 is 4.79 Å². The van der Waals surface area contributed by atoms with Crippen LogP contribution >= 0.6 is 0 Å². The lowest BCUT2D eigenvalue weighted by atomic mass is 9.79. The molecule has 0 aromatic carbocycles. The van der Waals surface area contributed by atoms with Gasteiger partial charge in [0.25, 0.3) is 0 Å². The van der Waals surface area contributed by atoms with Crippen molar-refractivity contribution in [2.75, 3.05) is 13.6 Å². The summed E-state index contributed by atoms with van der Waals surface area (Å²) in [6, 6.07) is 0.542. The number of fused-ring (bicyclic) bond motifs is 2. The molecule has 90 valence electrons. The minimum atomic E-state index is 0.313. The van der Waals surface area contributed by atoms with Gasteiger partial charge in [-0.2, -0.15) is 0 Å². The molecule has 0 aromatic rings. The van der Waals surface area contributed by atoms with E-state index in [0.717, 1.165) is 13.0 Å². The van der Waals surface area contributed by atoms with Gasteiger partial charge < -0.3 is 4.90 Å². The van der Waals surface area contributed by atoms with Crippen molar-refractivity contribution in [2.24, 2.45) is 5.92 Å². The summed E-state index contributed by atoms with van der Waals surface area (Å²) in [5, 5.41) is 0. The lowest BCUT2D eigenvalue weighted by Crippen LogP contribution is -2.65. The summed E-state index contributed by atoms with van der Waals surface area (Å²) >= 11 is 0. The Bertz CT molecular complexity index is 266. The molecule has 0 bridgehead atoms. The summed E-state index contributed by atoms with van der Waals surface area (Å²) < 4.78 is 0. The molecule has 1 amide bonds. The van der Waals surface area contributed by atoms with Gasteiger partial charge in [0.2, 0.25) is 5.91 Å². The van der Waals surface area contributed by atoms with E-state index in [1.807, 2.05) is 0 Å².